The Balaban J connectivity index is 2.22. The van der Waals surface area contributed by atoms with Crippen LogP contribution in [0.2, 0.25) is 0 Å². The van der Waals surface area contributed by atoms with Gasteiger partial charge in [0.05, 0.1) is 12.7 Å². The third-order valence-corrected chi connectivity index (χ3v) is 3.19. The number of ketones is 1. The Hall–Kier alpha value is -2.93. The third-order valence-electron chi connectivity index (χ3n) is 3.19. The van der Waals surface area contributed by atoms with E-state index in [2.05, 4.69) is 0 Å². The van der Waals surface area contributed by atoms with Crippen LogP contribution in [0.1, 0.15) is 34.3 Å². The van der Waals surface area contributed by atoms with Crippen molar-refractivity contribution in [3.05, 3.63) is 71.3 Å². The Bertz CT molecular complexity index is 699. The van der Waals surface area contributed by atoms with Gasteiger partial charge in [-0.3, -0.25) is 9.59 Å². The molecule has 110 valence electrons. The lowest BCUT2D eigenvalue weighted by Crippen LogP contribution is -2.14. The molecule has 2 rings (SSSR count). The van der Waals surface area contributed by atoms with Gasteiger partial charge < -0.3 is 4.74 Å². The molecule has 1 atom stereocenters. The molecule has 0 saturated heterocycles. The molecule has 2 aromatic rings. The van der Waals surface area contributed by atoms with E-state index in [0.717, 1.165) is 0 Å². The zero-order chi connectivity index (χ0) is 15.9. The Labute approximate surface area is 129 Å². The molecule has 0 N–H and O–H groups in total. The Morgan fingerprint density at radius 3 is 2.18 bits per heavy atom. The second-order valence-corrected chi connectivity index (χ2v) is 4.63. The summed E-state index contributed by atoms with van der Waals surface area (Å²) in [5.41, 5.74) is 1.62. The first-order valence-electron chi connectivity index (χ1n) is 6.93. The second-order valence-electron chi connectivity index (χ2n) is 4.63. The van der Waals surface area contributed by atoms with E-state index in [0.29, 0.717) is 16.7 Å². The lowest BCUT2D eigenvalue weighted by Gasteiger charge is -2.09. The van der Waals surface area contributed by atoms with E-state index in [9.17, 15) is 9.59 Å². The maximum Gasteiger partial charge on any atom is 0.327 e. The number of nitriles is 1. The molecule has 22 heavy (non-hydrogen) atoms. The summed E-state index contributed by atoms with van der Waals surface area (Å²) in [4.78, 5) is 24.0. The van der Waals surface area contributed by atoms with Crippen LogP contribution >= 0.6 is 0 Å². The molecular formula is C18H15NO3. The highest BCUT2D eigenvalue weighted by Crippen LogP contribution is 2.19. The number of hydrogen-bond donors (Lipinski definition) is 0. The largest absolute Gasteiger partial charge is 0.465 e. The molecule has 0 spiro atoms. The van der Waals surface area contributed by atoms with Crippen LogP contribution in [0.3, 0.4) is 0 Å². The lowest BCUT2D eigenvalue weighted by molar-refractivity contribution is -0.143. The minimum absolute atomic E-state index is 0.100. The highest BCUT2D eigenvalue weighted by atomic mass is 16.5. The number of nitrogens with zero attached hydrogens (tertiary/aromatic N) is 1. The van der Waals surface area contributed by atoms with Gasteiger partial charge >= 0.3 is 5.97 Å². The number of esters is 1. The van der Waals surface area contributed by atoms with Crippen molar-refractivity contribution in [1.82, 2.24) is 0 Å². The summed E-state index contributed by atoms with van der Waals surface area (Å²) in [6.07, 6.45) is 0. The molecule has 1 unspecified atom stereocenters. The van der Waals surface area contributed by atoms with E-state index in [-0.39, 0.29) is 12.4 Å². The van der Waals surface area contributed by atoms with Crippen molar-refractivity contribution in [2.75, 3.05) is 6.61 Å². The summed E-state index contributed by atoms with van der Waals surface area (Å²) in [7, 11) is 0. The van der Waals surface area contributed by atoms with Crippen LogP contribution in [-0.4, -0.2) is 18.4 Å². The molecule has 0 aromatic heterocycles. The van der Waals surface area contributed by atoms with Gasteiger partial charge in [0.25, 0.3) is 0 Å². The van der Waals surface area contributed by atoms with Crippen molar-refractivity contribution in [2.45, 2.75) is 12.8 Å². The van der Waals surface area contributed by atoms with Crippen LogP contribution in [0.15, 0.2) is 54.6 Å². The smallest absolute Gasteiger partial charge is 0.327 e. The van der Waals surface area contributed by atoms with Gasteiger partial charge in [-0.05, 0) is 12.5 Å². The number of ether oxygens (including phenoxy) is 1. The van der Waals surface area contributed by atoms with E-state index in [1.807, 2.05) is 12.1 Å². The predicted octanol–water partition coefficient (Wildman–Crippen LogP) is 3.09. The highest BCUT2D eigenvalue weighted by Gasteiger charge is 2.21. The monoisotopic (exact) mass is 293 g/mol. The minimum Gasteiger partial charge on any atom is -0.465 e. The molecule has 0 saturated carbocycles. The normalized spacial score (nSPS) is 11.3. The van der Waals surface area contributed by atoms with Crippen LogP contribution in [0, 0.1) is 11.3 Å². The van der Waals surface area contributed by atoms with Crippen LogP contribution < -0.4 is 0 Å². The predicted molar refractivity (Wildman–Crippen MR) is 81.3 cm³/mol. The molecule has 0 aliphatic heterocycles. The second kappa shape index (κ2) is 7.19. The molecule has 0 aliphatic rings. The van der Waals surface area contributed by atoms with Crippen LogP contribution in [0.5, 0.6) is 0 Å². The maximum atomic E-state index is 12.3. The number of rotatable bonds is 5. The van der Waals surface area contributed by atoms with E-state index in [1.165, 1.54) is 0 Å². The van der Waals surface area contributed by atoms with Gasteiger partial charge in [-0.2, -0.15) is 5.26 Å². The average molecular weight is 293 g/mol. The van der Waals surface area contributed by atoms with Crippen LogP contribution in [0.4, 0.5) is 0 Å². The fourth-order valence-electron chi connectivity index (χ4n) is 2.07. The standard InChI is InChI=1S/C18H15NO3/c1-2-22-18(21)16(12-19)13-8-10-15(11-9-13)17(20)14-6-4-3-5-7-14/h3-11,16H,2H2,1H3. The topological polar surface area (TPSA) is 67.2 Å². The average Bonchev–Trinajstić information content (AvgIpc) is 2.56. The van der Waals surface area contributed by atoms with Crippen molar-refractivity contribution < 1.29 is 14.3 Å². The van der Waals surface area contributed by atoms with E-state index < -0.39 is 11.9 Å². The summed E-state index contributed by atoms with van der Waals surface area (Å²) in [6.45, 7) is 1.91. The number of carbonyl (C=O) groups excluding carboxylic acids is 2. The molecule has 0 amide bonds. The van der Waals surface area contributed by atoms with Crippen LogP contribution in [0.25, 0.3) is 0 Å². The van der Waals surface area contributed by atoms with Gasteiger partial charge in [-0.15, -0.1) is 0 Å². The van der Waals surface area contributed by atoms with Crippen molar-refractivity contribution in [1.29, 1.82) is 5.26 Å². The van der Waals surface area contributed by atoms with Crippen molar-refractivity contribution >= 4 is 11.8 Å². The zero-order valence-corrected chi connectivity index (χ0v) is 12.2. The SMILES string of the molecule is CCOC(=O)C(C#N)c1ccc(C(=O)c2ccccc2)cc1. The lowest BCUT2D eigenvalue weighted by atomic mass is 9.97. The van der Waals surface area contributed by atoms with Gasteiger partial charge in [0.2, 0.25) is 0 Å². The summed E-state index contributed by atoms with van der Waals surface area (Å²) < 4.78 is 4.87. The first-order valence-corrected chi connectivity index (χ1v) is 6.93. The van der Waals surface area contributed by atoms with Gasteiger partial charge in [0, 0.05) is 11.1 Å². The first kappa shape index (κ1) is 15.5. The molecule has 0 aliphatic carbocycles. The van der Waals surface area contributed by atoms with Crippen molar-refractivity contribution in [3.8, 4) is 6.07 Å². The zero-order valence-electron chi connectivity index (χ0n) is 12.2. The van der Waals surface area contributed by atoms with Gasteiger partial charge in [-0.1, -0.05) is 54.6 Å². The van der Waals surface area contributed by atoms with E-state index in [4.69, 9.17) is 10.00 Å². The van der Waals surface area contributed by atoms with Crippen LogP contribution in [-0.2, 0) is 9.53 Å². The fraction of sp³-hybridized carbons (Fsp3) is 0.167. The van der Waals surface area contributed by atoms with Gasteiger partial charge in [0.1, 0.15) is 0 Å². The Morgan fingerprint density at radius 2 is 1.64 bits per heavy atom. The first-order chi connectivity index (χ1) is 10.7. The molecular weight excluding hydrogens is 278 g/mol. The Kier molecular flexibility index (Phi) is 5.05. The molecule has 0 heterocycles. The van der Waals surface area contributed by atoms with Crippen molar-refractivity contribution in [2.24, 2.45) is 0 Å². The molecule has 0 radical (unpaired) electrons. The number of hydrogen-bond acceptors (Lipinski definition) is 4. The Morgan fingerprint density at radius 1 is 1.05 bits per heavy atom. The van der Waals surface area contributed by atoms with Gasteiger partial charge in [0.15, 0.2) is 11.7 Å². The molecule has 0 fully saturated rings. The summed E-state index contributed by atoms with van der Waals surface area (Å²) >= 11 is 0. The summed E-state index contributed by atoms with van der Waals surface area (Å²) in [5, 5.41) is 9.12. The van der Waals surface area contributed by atoms with Crippen molar-refractivity contribution in [3.63, 3.8) is 0 Å². The maximum absolute atomic E-state index is 12.3. The van der Waals surface area contributed by atoms with Gasteiger partial charge in [-0.25, -0.2) is 0 Å². The minimum atomic E-state index is -0.971. The van der Waals surface area contributed by atoms with E-state index in [1.54, 1.807) is 55.5 Å². The highest BCUT2D eigenvalue weighted by molar-refractivity contribution is 6.09. The quantitative estimate of drug-likeness (QED) is 0.627. The number of benzene rings is 2. The summed E-state index contributed by atoms with van der Waals surface area (Å²) in [5.74, 6) is -1.65. The summed E-state index contributed by atoms with van der Waals surface area (Å²) in [6, 6.07) is 17.3. The molecule has 4 heteroatoms. The fourth-order valence-corrected chi connectivity index (χ4v) is 2.07. The third kappa shape index (κ3) is 3.39. The molecule has 4 nitrogen and oxygen atoms in total. The van der Waals surface area contributed by atoms with E-state index >= 15 is 0 Å². The molecule has 0 bridgehead atoms. The molecule has 2 aromatic carbocycles. The number of carbonyl (C=O) groups is 2.